The molecule has 1 aromatic rings. The molecule has 11 heavy (non-hydrogen) atoms. The first kappa shape index (κ1) is 7.73. The minimum Gasteiger partial charge on any atom is -0.252 e. The van der Waals surface area contributed by atoms with E-state index in [4.69, 9.17) is 5.26 Å². The molecule has 1 unspecified atom stereocenters. The van der Waals surface area contributed by atoms with E-state index in [0.717, 1.165) is 11.4 Å². The van der Waals surface area contributed by atoms with Gasteiger partial charge in [-0.25, -0.2) is 0 Å². The van der Waals surface area contributed by atoms with Gasteiger partial charge in [-0.3, -0.25) is 4.68 Å². The lowest BCUT2D eigenvalue weighted by atomic mass is 10.1. The standard InChI is InChI=1S/C7H10N4/c1-5(4-8)7-6(2)11(3)10-9-7/h5H,1-3H3. The Bertz CT molecular complexity index is 294. The predicted octanol–water partition coefficient (Wildman–Crippen LogP) is 0.751. The molecule has 58 valence electrons. The SMILES string of the molecule is Cc1c(C(C)C#N)nnn1C. The molecule has 1 aromatic heterocycles. The zero-order valence-electron chi connectivity index (χ0n) is 6.87. The normalized spacial score (nSPS) is 12.5. The van der Waals surface area contributed by atoms with Gasteiger partial charge in [0.05, 0.1) is 17.7 Å². The molecule has 0 N–H and O–H groups in total. The van der Waals surface area contributed by atoms with Gasteiger partial charge in [-0.15, -0.1) is 5.10 Å². The van der Waals surface area contributed by atoms with Crippen molar-refractivity contribution >= 4 is 0 Å². The Labute approximate surface area is 65.4 Å². The number of aromatic nitrogens is 3. The summed E-state index contributed by atoms with van der Waals surface area (Å²) >= 11 is 0. The number of aryl methyl sites for hydroxylation is 1. The second kappa shape index (κ2) is 2.70. The maximum Gasteiger partial charge on any atom is 0.102 e. The van der Waals surface area contributed by atoms with Crippen molar-refractivity contribution in [2.45, 2.75) is 19.8 Å². The number of rotatable bonds is 1. The highest BCUT2D eigenvalue weighted by Crippen LogP contribution is 2.13. The first-order chi connectivity index (χ1) is 5.16. The molecule has 0 radical (unpaired) electrons. The minimum absolute atomic E-state index is 0.163. The maximum absolute atomic E-state index is 8.59. The highest BCUT2D eigenvalue weighted by Gasteiger charge is 2.12. The molecular weight excluding hydrogens is 140 g/mol. The van der Waals surface area contributed by atoms with Crippen LogP contribution < -0.4 is 0 Å². The Hall–Kier alpha value is -1.37. The van der Waals surface area contributed by atoms with Crippen LogP contribution in [0.15, 0.2) is 0 Å². The molecule has 0 saturated carbocycles. The van der Waals surface area contributed by atoms with E-state index in [1.54, 1.807) is 4.68 Å². The maximum atomic E-state index is 8.59. The molecule has 0 aliphatic rings. The van der Waals surface area contributed by atoms with E-state index in [1.807, 2.05) is 20.9 Å². The van der Waals surface area contributed by atoms with Gasteiger partial charge in [-0.05, 0) is 13.8 Å². The van der Waals surface area contributed by atoms with Crippen molar-refractivity contribution in [1.29, 1.82) is 5.26 Å². The van der Waals surface area contributed by atoms with Crippen molar-refractivity contribution in [2.75, 3.05) is 0 Å². The van der Waals surface area contributed by atoms with Crippen LogP contribution in [0.4, 0.5) is 0 Å². The van der Waals surface area contributed by atoms with Gasteiger partial charge < -0.3 is 0 Å². The summed E-state index contributed by atoms with van der Waals surface area (Å²) < 4.78 is 1.67. The van der Waals surface area contributed by atoms with Gasteiger partial charge in [0, 0.05) is 7.05 Å². The third-order valence-electron chi connectivity index (χ3n) is 1.75. The molecular formula is C7H10N4. The molecule has 0 amide bonds. The van der Waals surface area contributed by atoms with Crippen LogP contribution in [0.5, 0.6) is 0 Å². The molecule has 0 saturated heterocycles. The topological polar surface area (TPSA) is 54.5 Å². The second-order valence-corrected chi connectivity index (χ2v) is 2.53. The van der Waals surface area contributed by atoms with Crippen molar-refractivity contribution in [2.24, 2.45) is 7.05 Å². The highest BCUT2D eigenvalue weighted by molar-refractivity contribution is 5.18. The smallest absolute Gasteiger partial charge is 0.102 e. The summed E-state index contributed by atoms with van der Waals surface area (Å²) in [5.74, 6) is -0.163. The Morgan fingerprint density at radius 1 is 1.64 bits per heavy atom. The fourth-order valence-corrected chi connectivity index (χ4v) is 0.882. The van der Waals surface area contributed by atoms with Crippen LogP contribution in [0.2, 0.25) is 0 Å². The third kappa shape index (κ3) is 1.22. The van der Waals surface area contributed by atoms with Gasteiger partial charge in [0.15, 0.2) is 0 Å². The number of hydrogen-bond donors (Lipinski definition) is 0. The summed E-state index contributed by atoms with van der Waals surface area (Å²) in [7, 11) is 1.82. The van der Waals surface area contributed by atoms with Crippen LogP contribution in [0, 0.1) is 18.3 Å². The van der Waals surface area contributed by atoms with Gasteiger partial charge in [0.25, 0.3) is 0 Å². The molecule has 0 aliphatic carbocycles. The molecule has 0 bridgehead atoms. The Kier molecular flexibility index (Phi) is 1.90. The van der Waals surface area contributed by atoms with Crippen molar-refractivity contribution in [1.82, 2.24) is 15.0 Å². The molecule has 0 aliphatic heterocycles. The minimum atomic E-state index is -0.163. The van der Waals surface area contributed by atoms with Crippen LogP contribution in [0.3, 0.4) is 0 Å². The first-order valence-electron chi connectivity index (χ1n) is 3.42. The summed E-state index contributed by atoms with van der Waals surface area (Å²) in [5.41, 5.74) is 1.73. The number of nitriles is 1. The molecule has 0 aromatic carbocycles. The van der Waals surface area contributed by atoms with Crippen LogP contribution >= 0.6 is 0 Å². The van der Waals surface area contributed by atoms with Crippen LogP contribution in [0.1, 0.15) is 24.2 Å². The van der Waals surface area contributed by atoms with Crippen LogP contribution in [-0.4, -0.2) is 15.0 Å². The van der Waals surface area contributed by atoms with E-state index in [-0.39, 0.29) is 5.92 Å². The summed E-state index contributed by atoms with van der Waals surface area (Å²) in [4.78, 5) is 0. The zero-order valence-corrected chi connectivity index (χ0v) is 6.87. The molecule has 0 fully saturated rings. The third-order valence-corrected chi connectivity index (χ3v) is 1.75. The monoisotopic (exact) mass is 150 g/mol. The lowest BCUT2D eigenvalue weighted by Gasteiger charge is -1.97. The fourth-order valence-electron chi connectivity index (χ4n) is 0.882. The summed E-state index contributed by atoms with van der Waals surface area (Å²) in [6, 6.07) is 2.12. The lowest BCUT2D eigenvalue weighted by molar-refractivity contribution is 0.696. The quantitative estimate of drug-likeness (QED) is 0.593. The lowest BCUT2D eigenvalue weighted by Crippen LogP contribution is -1.96. The first-order valence-corrected chi connectivity index (χ1v) is 3.42. The van der Waals surface area contributed by atoms with Crippen molar-refractivity contribution < 1.29 is 0 Å². The van der Waals surface area contributed by atoms with Crippen molar-refractivity contribution in [3.63, 3.8) is 0 Å². The van der Waals surface area contributed by atoms with Gasteiger partial charge in [0.2, 0.25) is 0 Å². The van der Waals surface area contributed by atoms with Crippen molar-refractivity contribution in [3.05, 3.63) is 11.4 Å². The van der Waals surface area contributed by atoms with Gasteiger partial charge in [-0.1, -0.05) is 5.21 Å². The van der Waals surface area contributed by atoms with Crippen LogP contribution in [0.25, 0.3) is 0 Å². The number of nitrogens with zero attached hydrogens (tertiary/aromatic N) is 4. The fraction of sp³-hybridized carbons (Fsp3) is 0.571. The Morgan fingerprint density at radius 2 is 2.27 bits per heavy atom. The van der Waals surface area contributed by atoms with E-state index in [9.17, 15) is 0 Å². The van der Waals surface area contributed by atoms with Gasteiger partial charge >= 0.3 is 0 Å². The summed E-state index contributed by atoms with van der Waals surface area (Å²) in [5, 5.41) is 16.3. The zero-order chi connectivity index (χ0) is 8.43. The number of hydrogen-bond acceptors (Lipinski definition) is 3. The van der Waals surface area contributed by atoms with Gasteiger partial charge in [-0.2, -0.15) is 5.26 Å². The molecule has 1 heterocycles. The molecule has 1 rings (SSSR count). The van der Waals surface area contributed by atoms with E-state index in [0.29, 0.717) is 0 Å². The largest absolute Gasteiger partial charge is 0.252 e. The van der Waals surface area contributed by atoms with Crippen molar-refractivity contribution in [3.8, 4) is 6.07 Å². The molecule has 4 nitrogen and oxygen atoms in total. The average molecular weight is 150 g/mol. The average Bonchev–Trinajstić information content (AvgIpc) is 2.32. The van der Waals surface area contributed by atoms with E-state index in [1.165, 1.54) is 0 Å². The van der Waals surface area contributed by atoms with E-state index in [2.05, 4.69) is 16.4 Å². The van der Waals surface area contributed by atoms with Gasteiger partial charge in [0.1, 0.15) is 5.69 Å². The predicted molar refractivity (Wildman–Crippen MR) is 39.8 cm³/mol. The Balaban J connectivity index is 3.07. The summed E-state index contributed by atoms with van der Waals surface area (Å²) in [6.45, 7) is 3.72. The molecule has 4 heteroatoms. The summed E-state index contributed by atoms with van der Waals surface area (Å²) in [6.07, 6.45) is 0. The second-order valence-electron chi connectivity index (χ2n) is 2.53. The van der Waals surface area contributed by atoms with E-state index < -0.39 is 0 Å². The van der Waals surface area contributed by atoms with Crippen LogP contribution in [-0.2, 0) is 7.05 Å². The van der Waals surface area contributed by atoms with E-state index >= 15 is 0 Å². The highest BCUT2D eigenvalue weighted by atomic mass is 15.4. The molecule has 1 atom stereocenters. The molecule has 0 spiro atoms. The Morgan fingerprint density at radius 3 is 2.64 bits per heavy atom.